The molecular formula is C35H32F3N7O2. The highest BCUT2D eigenvalue weighted by molar-refractivity contribution is 6.07. The summed E-state index contributed by atoms with van der Waals surface area (Å²) in [5.41, 5.74) is 0.262. The number of nitrogens with one attached hydrogen (secondary N) is 1. The first-order chi connectivity index (χ1) is 22.8. The first-order valence-electron chi connectivity index (χ1n) is 16.1. The molecule has 9 nitrogen and oxygen atoms in total. The van der Waals surface area contributed by atoms with Crippen molar-refractivity contribution in [3.05, 3.63) is 54.0 Å². The Balaban J connectivity index is 1.28. The minimum atomic E-state index is -0.923. The summed E-state index contributed by atoms with van der Waals surface area (Å²) in [7, 11) is 0. The Kier molecular flexibility index (Phi) is 6.36. The lowest BCUT2D eigenvalue weighted by Gasteiger charge is -2.35. The van der Waals surface area contributed by atoms with E-state index in [9.17, 15) is 9.50 Å². The molecule has 12 heteroatoms. The highest BCUT2D eigenvalue weighted by Crippen LogP contribution is 2.43. The third kappa shape index (κ3) is 4.36. The Bertz CT molecular complexity index is 2140. The van der Waals surface area contributed by atoms with Gasteiger partial charge in [-0.15, -0.1) is 6.42 Å². The second-order valence-electron chi connectivity index (χ2n) is 13.4. The number of anilines is 1. The van der Waals surface area contributed by atoms with E-state index in [-0.39, 0.29) is 58.2 Å². The monoisotopic (exact) mass is 639 g/mol. The number of benzene rings is 2. The first kappa shape index (κ1) is 28.6. The Morgan fingerprint density at radius 2 is 1.94 bits per heavy atom. The molecule has 5 aromatic rings. The minimum Gasteiger partial charge on any atom is -0.508 e. The van der Waals surface area contributed by atoms with Crippen molar-refractivity contribution in [3.63, 3.8) is 0 Å². The lowest BCUT2D eigenvalue weighted by molar-refractivity contribution is 0.107. The topological polar surface area (TPSA) is 91.1 Å². The summed E-state index contributed by atoms with van der Waals surface area (Å²) in [6.07, 6.45) is 12.2. The molecule has 0 saturated carbocycles. The number of phenols is 1. The summed E-state index contributed by atoms with van der Waals surface area (Å²) in [4.78, 5) is 18.3. The fourth-order valence-corrected chi connectivity index (χ4v) is 8.61. The van der Waals surface area contributed by atoms with Gasteiger partial charge in [0.1, 0.15) is 35.7 Å². The van der Waals surface area contributed by atoms with Crippen LogP contribution in [0.4, 0.5) is 19.0 Å². The molecule has 2 aromatic carbocycles. The SMILES string of the molecule is C#Cc1c(F)ccc2cc(O)cc(-c3c(F)c4nc(OC[C@@]56CCCN5C[C@H](F)C6)nc(N5C[C@H]6CC[C@@H](C5)N6)c4c4cncn34)c12. The molecule has 4 aliphatic heterocycles. The number of rotatable bonds is 5. The van der Waals surface area contributed by atoms with Gasteiger partial charge >= 0.3 is 6.01 Å². The fraction of sp³-hybridized carbons (Fsp3) is 0.400. The molecule has 4 saturated heterocycles. The van der Waals surface area contributed by atoms with Crippen LogP contribution in [0.2, 0.25) is 0 Å². The quantitative estimate of drug-likeness (QED) is 0.261. The Morgan fingerprint density at radius 3 is 2.74 bits per heavy atom. The van der Waals surface area contributed by atoms with Gasteiger partial charge in [-0.05, 0) is 55.8 Å². The summed E-state index contributed by atoms with van der Waals surface area (Å²) in [5, 5.41) is 15.6. The summed E-state index contributed by atoms with van der Waals surface area (Å²) >= 11 is 0. The highest BCUT2D eigenvalue weighted by atomic mass is 19.1. The second-order valence-corrected chi connectivity index (χ2v) is 13.4. The number of phenolic OH excluding ortho intramolecular Hbond substituents is 1. The van der Waals surface area contributed by atoms with Gasteiger partial charge in [0, 0.05) is 49.1 Å². The minimum absolute atomic E-state index is 0.00426. The molecule has 0 unspecified atom stereocenters. The van der Waals surface area contributed by atoms with E-state index in [1.165, 1.54) is 30.6 Å². The van der Waals surface area contributed by atoms with E-state index in [1.54, 1.807) is 10.6 Å². The normalized spacial score (nSPS) is 25.7. The van der Waals surface area contributed by atoms with Crippen molar-refractivity contribution in [1.29, 1.82) is 0 Å². The number of terminal acetylenes is 1. The summed E-state index contributed by atoms with van der Waals surface area (Å²) in [6.45, 7) is 2.74. The van der Waals surface area contributed by atoms with Gasteiger partial charge in [-0.1, -0.05) is 12.0 Å². The number of ether oxygens (including phenoxy) is 1. The third-order valence-corrected chi connectivity index (χ3v) is 10.6. The van der Waals surface area contributed by atoms with Crippen LogP contribution in [0.1, 0.15) is 37.7 Å². The number of hydrogen-bond acceptors (Lipinski definition) is 8. The molecule has 4 aliphatic rings. The number of halogens is 3. The molecule has 7 heterocycles. The molecule has 0 aliphatic carbocycles. The molecular weight excluding hydrogens is 607 g/mol. The summed E-state index contributed by atoms with van der Waals surface area (Å²) < 4.78 is 54.8. The van der Waals surface area contributed by atoms with Gasteiger partial charge in [0.2, 0.25) is 0 Å². The Hall–Kier alpha value is -4.60. The predicted molar refractivity (Wildman–Crippen MR) is 171 cm³/mol. The maximum atomic E-state index is 17.3. The standard InChI is InChI=1S/C35H32F3N7O2/c1-2-24-26(37)7-4-19-10-23(46)11-25(28(19)24)32-30(38)31-29(27-13-39-18-45(27)32)33(43-15-21-5-6-22(16-43)40-21)42-34(41-31)47-17-35-8-3-9-44(35)14-20(36)12-35/h1,4,7,10-11,13,18,20-22,40,46H,3,5-6,8-9,12,14-17H2/t20-,21-,22+,35+/m1/s1. The van der Waals surface area contributed by atoms with Crippen molar-refractivity contribution >= 4 is 33.0 Å². The molecule has 0 radical (unpaired) electrons. The smallest absolute Gasteiger partial charge is 0.319 e. The van der Waals surface area contributed by atoms with E-state index < -0.39 is 23.3 Å². The number of imidazole rings is 1. The first-order valence-corrected chi connectivity index (χ1v) is 16.1. The molecule has 47 heavy (non-hydrogen) atoms. The molecule has 4 fully saturated rings. The van der Waals surface area contributed by atoms with Gasteiger partial charge in [0.05, 0.1) is 40.2 Å². The van der Waals surface area contributed by atoms with Crippen molar-refractivity contribution in [1.82, 2.24) is 29.6 Å². The number of aromatic nitrogens is 4. The molecule has 9 rings (SSSR count). The van der Waals surface area contributed by atoms with Crippen LogP contribution in [0.25, 0.3) is 38.4 Å². The van der Waals surface area contributed by atoms with Crippen LogP contribution in [0.15, 0.2) is 36.8 Å². The maximum Gasteiger partial charge on any atom is 0.319 e. The average Bonchev–Trinajstić information content (AvgIpc) is 3.83. The highest BCUT2D eigenvalue weighted by Gasteiger charge is 2.49. The number of piperazine rings is 1. The van der Waals surface area contributed by atoms with Gasteiger partial charge in [0.25, 0.3) is 0 Å². The number of nitrogens with zero attached hydrogens (tertiary/aromatic N) is 6. The van der Waals surface area contributed by atoms with Crippen LogP contribution in [0.5, 0.6) is 11.8 Å². The predicted octanol–water partition coefficient (Wildman–Crippen LogP) is 4.96. The zero-order valence-corrected chi connectivity index (χ0v) is 25.5. The van der Waals surface area contributed by atoms with Crippen molar-refractivity contribution in [3.8, 4) is 35.4 Å². The van der Waals surface area contributed by atoms with Crippen LogP contribution in [-0.4, -0.2) is 85.9 Å². The van der Waals surface area contributed by atoms with Crippen LogP contribution < -0.4 is 15.0 Å². The van der Waals surface area contributed by atoms with E-state index in [4.69, 9.17) is 16.1 Å². The van der Waals surface area contributed by atoms with Gasteiger partial charge in [-0.2, -0.15) is 9.97 Å². The summed E-state index contributed by atoms with van der Waals surface area (Å²) in [5.74, 6) is 1.46. The van der Waals surface area contributed by atoms with E-state index in [2.05, 4.69) is 31.0 Å². The van der Waals surface area contributed by atoms with Gasteiger partial charge < -0.3 is 20.1 Å². The van der Waals surface area contributed by atoms with Crippen molar-refractivity contribution in [2.45, 2.75) is 55.9 Å². The molecule has 2 bridgehead atoms. The van der Waals surface area contributed by atoms with Crippen molar-refractivity contribution in [2.75, 3.05) is 37.7 Å². The number of fused-ring (bicyclic) bond motifs is 7. The zero-order chi connectivity index (χ0) is 32.0. The molecule has 2 N–H and O–H groups in total. The maximum absolute atomic E-state index is 17.3. The van der Waals surface area contributed by atoms with E-state index in [0.29, 0.717) is 48.2 Å². The van der Waals surface area contributed by atoms with Crippen LogP contribution in [0, 0.1) is 24.0 Å². The molecule has 240 valence electrons. The second kappa shape index (κ2) is 10.5. The number of pyridine rings is 1. The number of hydrogen-bond donors (Lipinski definition) is 2. The molecule has 0 spiro atoms. The van der Waals surface area contributed by atoms with Crippen LogP contribution in [0.3, 0.4) is 0 Å². The van der Waals surface area contributed by atoms with Gasteiger partial charge in [0.15, 0.2) is 5.82 Å². The average molecular weight is 640 g/mol. The zero-order valence-electron chi connectivity index (χ0n) is 25.5. The summed E-state index contributed by atoms with van der Waals surface area (Å²) in [6, 6.07) is 6.12. The van der Waals surface area contributed by atoms with Crippen LogP contribution in [-0.2, 0) is 0 Å². The lowest BCUT2D eigenvalue weighted by Crippen LogP contribution is -2.51. The lowest BCUT2D eigenvalue weighted by atomic mass is 9.95. The third-order valence-electron chi connectivity index (χ3n) is 10.6. The van der Waals surface area contributed by atoms with E-state index in [0.717, 1.165) is 32.2 Å². The molecule has 3 aromatic heterocycles. The van der Waals surface area contributed by atoms with Crippen molar-refractivity contribution in [2.24, 2.45) is 0 Å². The molecule has 0 amide bonds. The molecule has 4 atom stereocenters. The van der Waals surface area contributed by atoms with E-state index in [1.807, 2.05) is 0 Å². The Morgan fingerprint density at radius 1 is 1.11 bits per heavy atom. The van der Waals surface area contributed by atoms with Gasteiger partial charge in [-0.3, -0.25) is 9.30 Å². The van der Waals surface area contributed by atoms with Crippen LogP contribution >= 0.6 is 0 Å². The Labute approximate surface area is 268 Å². The largest absolute Gasteiger partial charge is 0.508 e. The van der Waals surface area contributed by atoms with E-state index >= 15 is 8.78 Å². The van der Waals surface area contributed by atoms with Crippen molar-refractivity contribution < 1.29 is 23.0 Å². The number of aromatic hydroxyl groups is 1. The fourth-order valence-electron chi connectivity index (χ4n) is 8.61. The number of alkyl halides is 1. The van der Waals surface area contributed by atoms with Gasteiger partial charge in [-0.25, -0.2) is 18.2 Å².